The molecule has 0 N–H and O–H groups in total. The molecule has 0 saturated carbocycles. The van der Waals surface area contributed by atoms with Crippen LogP contribution in [0.5, 0.6) is 0 Å². The number of esters is 1. The maximum atomic E-state index is 12.2. The fourth-order valence-corrected chi connectivity index (χ4v) is 3.53. The number of aryl methyl sites for hydroxylation is 1. The van der Waals surface area contributed by atoms with Crippen LogP contribution in [-0.4, -0.2) is 24.2 Å². The van der Waals surface area contributed by atoms with Gasteiger partial charge in [-0.1, -0.05) is 11.6 Å². The van der Waals surface area contributed by atoms with Gasteiger partial charge >= 0.3 is 5.97 Å². The number of aromatic nitrogens is 1. The van der Waals surface area contributed by atoms with E-state index in [9.17, 15) is 4.79 Å². The van der Waals surface area contributed by atoms with Crippen molar-refractivity contribution in [3.8, 4) is 0 Å². The lowest BCUT2D eigenvalue weighted by atomic mass is 10.0. The van der Waals surface area contributed by atoms with E-state index in [0.29, 0.717) is 5.02 Å². The van der Waals surface area contributed by atoms with Gasteiger partial charge in [-0.05, 0) is 61.6 Å². The number of methoxy groups -OCH3 is 1. The van der Waals surface area contributed by atoms with Gasteiger partial charge < -0.3 is 9.47 Å². The van der Waals surface area contributed by atoms with Crippen LogP contribution in [0.4, 0.5) is 0 Å². The summed E-state index contributed by atoms with van der Waals surface area (Å²) in [4.78, 5) is 16.7. The van der Waals surface area contributed by atoms with Gasteiger partial charge in [-0.2, -0.15) is 0 Å². The summed E-state index contributed by atoms with van der Waals surface area (Å²) < 4.78 is 11.6. The van der Waals surface area contributed by atoms with Gasteiger partial charge in [0.15, 0.2) is 6.10 Å². The van der Waals surface area contributed by atoms with Gasteiger partial charge in [0, 0.05) is 25.2 Å². The largest absolute Gasteiger partial charge is 0.467 e. The minimum Gasteiger partial charge on any atom is -0.467 e. The van der Waals surface area contributed by atoms with Crippen molar-refractivity contribution in [2.45, 2.75) is 33.0 Å². The predicted molar refractivity (Wildman–Crippen MR) is 95.2 cm³/mol. The van der Waals surface area contributed by atoms with E-state index in [1.165, 1.54) is 7.11 Å². The minimum atomic E-state index is -0.798. The van der Waals surface area contributed by atoms with Crippen LogP contribution in [0.25, 0.3) is 10.9 Å². The molecule has 1 heterocycles. The summed E-state index contributed by atoms with van der Waals surface area (Å²) in [7, 11) is 1.35. The molecule has 0 amide bonds. The molecule has 0 bridgehead atoms. The fourth-order valence-electron chi connectivity index (χ4n) is 2.25. The molecule has 6 heteroatoms. The lowest BCUT2D eigenvalue weighted by Crippen LogP contribution is -2.23. The Morgan fingerprint density at radius 1 is 1.36 bits per heavy atom. The molecule has 118 valence electrons. The molecule has 2 rings (SSSR count). The van der Waals surface area contributed by atoms with Crippen molar-refractivity contribution in [2.24, 2.45) is 0 Å². The van der Waals surface area contributed by atoms with Crippen LogP contribution >= 0.6 is 34.2 Å². The third-order valence-electron chi connectivity index (χ3n) is 3.20. The first-order valence-corrected chi connectivity index (χ1v) is 8.29. The highest BCUT2D eigenvalue weighted by molar-refractivity contribution is 14.1. The molecule has 22 heavy (non-hydrogen) atoms. The van der Waals surface area contributed by atoms with E-state index in [1.807, 2.05) is 32.9 Å². The Morgan fingerprint density at radius 2 is 2.05 bits per heavy atom. The summed E-state index contributed by atoms with van der Waals surface area (Å²) in [6.07, 6.45) is -0.915. The third kappa shape index (κ3) is 3.52. The molecule has 4 nitrogen and oxygen atoms in total. The summed E-state index contributed by atoms with van der Waals surface area (Å²) in [5.41, 5.74) is 2.31. The smallest absolute Gasteiger partial charge is 0.339 e. The molecular weight excluding hydrogens is 417 g/mol. The molecule has 2 aromatic rings. The lowest BCUT2D eigenvalue weighted by Gasteiger charge is -2.22. The van der Waals surface area contributed by atoms with Crippen LogP contribution in [-0.2, 0) is 14.3 Å². The first kappa shape index (κ1) is 17.4. The van der Waals surface area contributed by atoms with Gasteiger partial charge in [-0.3, -0.25) is 4.98 Å². The molecule has 1 unspecified atom stereocenters. The van der Waals surface area contributed by atoms with Crippen LogP contribution in [0.3, 0.4) is 0 Å². The second kappa shape index (κ2) is 7.10. The number of fused-ring (bicyclic) bond motifs is 1. The topological polar surface area (TPSA) is 48.4 Å². The van der Waals surface area contributed by atoms with Crippen molar-refractivity contribution in [2.75, 3.05) is 7.11 Å². The van der Waals surface area contributed by atoms with E-state index in [4.69, 9.17) is 21.1 Å². The van der Waals surface area contributed by atoms with Gasteiger partial charge in [0.2, 0.25) is 0 Å². The Labute approximate surface area is 148 Å². The highest BCUT2D eigenvalue weighted by atomic mass is 127. The van der Waals surface area contributed by atoms with E-state index in [2.05, 4.69) is 27.6 Å². The first-order chi connectivity index (χ1) is 10.3. The Balaban J connectivity index is 2.68. The van der Waals surface area contributed by atoms with Crippen LogP contribution in [0, 0.1) is 10.5 Å². The van der Waals surface area contributed by atoms with Crippen molar-refractivity contribution < 1.29 is 14.3 Å². The van der Waals surface area contributed by atoms with Gasteiger partial charge in [-0.15, -0.1) is 0 Å². The fraction of sp³-hybridized carbons (Fsp3) is 0.375. The normalized spacial score (nSPS) is 12.7. The quantitative estimate of drug-likeness (QED) is 0.528. The van der Waals surface area contributed by atoms with Gasteiger partial charge in [0.1, 0.15) is 0 Å². The number of carbonyl (C=O) groups is 1. The highest BCUT2D eigenvalue weighted by Gasteiger charge is 2.29. The monoisotopic (exact) mass is 433 g/mol. The van der Waals surface area contributed by atoms with E-state index in [-0.39, 0.29) is 6.10 Å². The number of carbonyl (C=O) groups excluding carboxylic acids is 1. The van der Waals surface area contributed by atoms with Gasteiger partial charge in [-0.25, -0.2) is 4.79 Å². The first-order valence-electron chi connectivity index (χ1n) is 6.83. The zero-order valence-corrected chi connectivity index (χ0v) is 15.7. The molecule has 0 aliphatic heterocycles. The average Bonchev–Trinajstić information content (AvgIpc) is 2.46. The van der Waals surface area contributed by atoms with Crippen molar-refractivity contribution in [1.29, 1.82) is 0 Å². The predicted octanol–water partition coefficient (Wildman–Crippen LogP) is 4.44. The maximum absolute atomic E-state index is 12.2. The Kier molecular flexibility index (Phi) is 5.63. The maximum Gasteiger partial charge on any atom is 0.339 e. The van der Waals surface area contributed by atoms with Crippen molar-refractivity contribution >= 4 is 51.1 Å². The Bertz CT molecular complexity index is 718. The summed E-state index contributed by atoms with van der Waals surface area (Å²) >= 11 is 8.29. The molecule has 1 atom stereocenters. The number of ether oxygens (including phenoxy) is 2. The number of benzene rings is 1. The lowest BCUT2D eigenvalue weighted by molar-refractivity contribution is -0.157. The number of hydrogen-bond acceptors (Lipinski definition) is 4. The summed E-state index contributed by atoms with van der Waals surface area (Å²) in [5, 5.41) is 1.52. The van der Waals surface area contributed by atoms with Crippen LogP contribution in [0.15, 0.2) is 18.2 Å². The highest BCUT2D eigenvalue weighted by Crippen LogP contribution is 2.33. The molecule has 0 spiro atoms. The Hall–Kier alpha value is -0.920. The number of halogens is 2. The molecule has 0 radical (unpaired) electrons. The van der Waals surface area contributed by atoms with E-state index >= 15 is 0 Å². The van der Waals surface area contributed by atoms with Gasteiger partial charge in [0.25, 0.3) is 0 Å². The molecule has 1 aromatic carbocycles. The Morgan fingerprint density at radius 3 is 2.64 bits per heavy atom. The molecule has 0 aliphatic carbocycles. The summed E-state index contributed by atoms with van der Waals surface area (Å²) in [5.74, 6) is -0.433. The minimum absolute atomic E-state index is 0.116. The van der Waals surface area contributed by atoms with E-state index in [1.54, 1.807) is 6.07 Å². The van der Waals surface area contributed by atoms with Gasteiger partial charge in [0.05, 0.1) is 18.7 Å². The van der Waals surface area contributed by atoms with Crippen LogP contribution in [0.2, 0.25) is 5.02 Å². The molecule has 0 fully saturated rings. The van der Waals surface area contributed by atoms with E-state index in [0.717, 1.165) is 25.7 Å². The van der Waals surface area contributed by atoms with E-state index < -0.39 is 12.1 Å². The van der Waals surface area contributed by atoms with Crippen molar-refractivity contribution in [3.63, 3.8) is 0 Å². The second-order valence-corrected chi connectivity index (χ2v) is 6.69. The molecule has 0 aliphatic rings. The van der Waals surface area contributed by atoms with Crippen LogP contribution in [0.1, 0.15) is 31.2 Å². The number of rotatable bonds is 4. The zero-order valence-electron chi connectivity index (χ0n) is 12.8. The summed E-state index contributed by atoms with van der Waals surface area (Å²) in [6, 6.07) is 5.51. The van der Waals surface area contributed by atoms with Crippen molar-refractivity contribution in [1.82, 2.24) is 4.98 Å². The number of nitrogens with zero attached hydrogens (tertiary/aromatic N) is 1. The van der Waals surface area contributed by atoms with Crippen molar-refractivity contribution in [3.05, 3.63) is 38.0 Å². The molecule has 1 aromatic heterocycles. The second-order valence-electron chi connectivity index (χ2n) is 5.17. The molecule has 0 saturated heterocycles. The standard InChI is InChI=1S/C16H17ClINO3/c1-8(2)22-15(16(20)21-4)13-9(3)19-12-6-5-10(17)7-11(12)14(13)18/h5-8,15H,1-4H3. The number of pyridine rings is 1. The average molecular weight is 434 g/mol. The molecular formula is C16H17ClINO3. The third-order valence-corrected chi connectivity index (χ3v) is 4.59. The SMILES string of the molecule is COC(=O)C(OC(C)C)c1c(C)nc2ccc(Cl)cc2c1I. The number of hydrogen-bond donors (Lipinski definition) is 0. The zero-order chi connectivity index (χ0) is 16.4. The van der Waals surface area contributed by atoms with Crippen LogP contribution < -0.4 is 0 Å². The summed E-state index contributed by atoms with van der Waals surface area (Å²) in [6.45, 7) is 5.62.